The topological polar surface area (TPSA) is 0 Å². The van der Waals surface area contributed by atoms with Crippen LogP contribution in [0.15, 0.2) is 182 Å². The molecule has 0 nitrogen and oxygen atoms in total. The summed E-state index contributed by atoms with van der Waals surface area (Å²) in [5, 5.41) is 12.8. The average Bonchev–Trinajstić information content (AvgIpc) is 3.44. The SMILES string of the molecule is CC1(C)c2cc3ccccc3cc2-c2c(-c3c4ccccc4c(-c4ccccc4-c4cc5ccccc5c5ccccc45)c4ccccc34)cccc21. The van der Waals surface area contributed by atoms with E-state index in [4.69, 9.17) is 0 Å². The summed E-state index contributed by atoms with van der Waals surface area (Å²) in [6.07, 6.45) is 0. The lowest BCUT2D eigenvalue weighted by Crippen LogP contribution is -2.14. The van der Waals surface area contributed by atoms with Gasteiger partial charge >= 0.3 is 0 Å². The van der Waals surface area contributed by atoms with Crippen LogP contribution in [0, 0.1) is 0 Å². The largest absolute Gasteiger partial charge is 0.0616 e. The molecule has 0 aliphatic heterocycles. The molecule has 11 rings (SSSR count). The highest BCUT2D eigenvalue weighted by molar-refractivity contribution is 6.24. The van der Waals surface area contributed by atoms with Gasteiger partial charge in [-0.2, -0.15) is 0 Å². The Labute approximate surface area is 309 Å². The molecule has 10 aromatic rings. The van der Waals surface area contributed by atoms with Crippen molar-refractivity contribution in [1.82, 2.24) is 0 Å². The molecular formula is C53H36. The number of benzene rings is 10. The Kier molecular flexibility index (Phi) is 6.40. The van der Waals surface area contributed by atoms with Crippen molar-refractivity contribution >= 4 is 53.9 Å². The van der Waals surface area contributed by atoms with Crippen molar-refractivity contribution in [2.45, 2.75) is 19.3 Å². The van der Waals surface area contributed by atoms with Crippen LogP contribution in [0.4, 0.5) is 0 Å². The van der Waals surface area contributed by atoms with E-state index in [-0.39, 0.29) is 5.41 Å². The molecule has 0 bridgehead atoms. The third kappa shape index (κ3) is 4.30. The van der Waals surface area contributed by atoms with Crippen molar-refractivity contribution in [3.05, 3.63) is 193 Å². The molecular weight excluding hydrogens is 637 g/mol. The van der Waals surface area contributed by atoms with Crippen LogP contribution < -0.4 is 0 Å². The van der Waals surface area contributed by atoms with Crippen LogP contribution in [0.2, 0.25) is 0 Å². The lowest BCUT2D eigenvalue weighted by atomic mass is 9.80. The Hall–Kier alpha value is -6.50. The van der Waals surface area contributed by atoms with Crippen LogP contribution in [-0.2, 0) is 5.41 Å². The van der Waals surface area contributed by atoms with Gasteiger partial charge in [0.2, 0.25) is 0 Å². The van der Waals surface area contributed by atoms with Gasteiger partial charge in [-0.3, -0.25) is 0 Å². The van der Waals surface area contributed by atoms with E-state index in [1.54, 1.807) is 0 Å². The maximum atomic E-state index is 2.44. The Bertz CT molecular complexity index is 3080. The summed E-state index contributed by atoms with van der Waals surface area (Å²) in [7, 11) is 0. The van der Waals surface area contributed by atoms with Gasteiger partial charge in [-0.1, -0.05) is 178 Å². The van der Waals surface area contributed by atoms with E-state index < -0.39 is 0 Å². The number of hydrogen-bond acceptors (Lipinski definition) is 0. The number of rotatable bonds is 3. The molecule has 1 aliphatic carbocycles. The first-order valence-corrected chi connectivity index (χ1v) is 18.7. The van der Waals surface area contributed by atoms with Gasteiger partial charge in [-0.25, -0.2) is 0 Å². The molecule has 0 heterocycles. The zero-order valence-corrected chi connectivity index (χ0v) is 29.8. The molecule has 10 aromatic carbocycles. The quantitative estimate of drug-likeness (QED) is 0.129. The van der Waals surface area contributed by atoms with Gasteiger partial charge in [-0.05, 0) is 128 Å². The first-order valence-electron chi connectivity index (χ1n) is 18.7. The molecule has 0 atom stereocenters. The summed E-state index contributed by atoms with van der Waals surface area (Å²) in [5.74, 6) is 0. The summed E-state index contributed by atoms with van der Waals surface area (Å²) in [6, 6.07) is 67.9. The van der Waals surface area contributed by atoms with Crippen LogP contribution >= 0.6 is 0 Å². The molecule has 0 heteroatoms. The minimum Gasteiger partial charge on any atom is -0.0616 e. The Morgan fingerprint density at radius 2 is 0.717 bits per heavy atom. The first-order chi connectivity index (χ1) is 26.1. The smallest absolute Gasteiger partial charge is 0.0159 e. The standard InChI is InChI=1S/C53H36/c1-53(2)48-29-15-28-45(52(48)47-30-33-16-3-4-17-34(33)32-49(47)53)51-43-26-13-11-24-41(43)50(42-25-12-14-27-44(42)51)40-23-10-9-22-39(40)46-31-35-18-5-6-19-36(35)37-20-7-8-21-38(37)46/h3-32H,1-2H3. The molecule has 0 N–H and O–H groups in total. The van der Waals surface area contributed by atoms with E-state index in [1.165, 1.54) is 109 Å². The minimum atomic E-state index is -0.113. The van der Waals surface area contributed by atoms with Crippen molar-refractivity contribution in [2.24, 2.45) is 0 Å². The molecule has 248 valence electrons. The second kappa shape index (κ2) is 11.2. The van der Waals surface area contributed by atoms with E-state index in [1.807, 2.05) is 0 Å². The molecule has 0 radical (unpaired) electrons. The van der Waals surface area contributed by atoms with Crippen molar-refractivity contribution in [3.8, 4) is 44.5 Å². The van der Waals surface area contributed by atoms with Gasteiger partial charge in [-0.15, -0.1) is 0 Å². The van der Waals surface area contributed by atoms with Gasteiger partial charge in [0.05, 0.1) is 0 Å². The third-order valence-corrected chi connectivity index (χ3v) is 12.0. The monoisotopic (exact) mass is 672 g/mol. The Morgan fingerprint density at radius 3 is 1.38 bits per heavy atom. The van der Waals surface area contributed by atoms with Gasteiger partial charge in [0.25, 0.3) is 0 Å². The lowest BCUT2D eigenvalue weighted by molar-refractivity contribution is 0.661. The molecule has 0 saturated heterocycles. The lowest BCUT2D eigenvalue weighted by Gasteiger charge is -2.23. The molecule has 0 amide bonds. The summed E-state index contributed by atoms with van der Waals surface area (Å²) >= 11 is 0. The van der Waals surface area contributed by atoms with E-state index in [9.17, 15) is 0 Å². The van der Waals surface area contributed by atoms with Crippen molar-refractivity contribution in [1.29, 1.82) is 0 Å². The van der Waals surface area contributed by atoms with Gasteiger partial charge in [0, 0.05) is 5.41 Å². The summed E-state index contributed by atoms with van der Waals surface area (Å²) in [5.41, 5.74) is 13.1. The predicted molar refractivity (Wildman–Crippen MR) is 228 cm³/mol. The van der Waals surface area contributed by atoms with E-state index in [0.29, 0.717) is 0 Å². The van der Waals surface area contributed by atoms with E-state index in [0.717, 1.165) is 0 Å². The maximum absolute atomic E-state index is 2.44. The molecule has 0 fully saturated rings. The van der Waals surface area contributed by atoms with Crippen molar-refractivity contribution < 1.29 is 0 Å². The molecule has 0 aromatic heterocycles. The fourth-order valence-electron chi connectivity index (χ4n) is 9.60. The van der Waals surface area contributed by atoms with Crippen molar-refractivity contribution in [3.63, 3.8) is 0 Å². The predicted octanol–water partition coefficient (Wildman–Crippen LogP) is 14.8. The summed E-state index contributed by atoms with van der Waals surface area (Å²) in [4.78, 5) is 0. The fourth-order valence-corrected chi connectivity index (χ4v) is 9.60. The highest BCUT2D eigenvalue weighted by Gasteiger charge is 2.37. The summed E-state index contributed by atoms with van der Waals surface area (Å²) in [6.45, 7) is 4.78. The van der Waals surface area contributed by atoms with Crippen LogP contribution in [-0.4, -0.2) is 0 Å². The maximum Gasteiger partial charge on any atom is 0.0159 e. The van der Waals surface area contributed by atoms with Crippen LogP contribution in [0.5, 0.6) is 0 Å². The molecule has 0 unspecified atom stereocenters. The zero-order valence-electron chi connectivity index (χ0n) is 29.8. The molecule has 1 aliphatic rings. The molecule has 53 heavy (non-hydrogen) atoms. The van der Waals surface area contributed by atoms with Crippen LogP contribution in [0.1, 0.15) is 25.0 Å². The average molecular weight is 673 g/mol. The van der Waals surface area contributed by atoms with Gasteiger partial charge in [0.15, 0.2) is 0 Å². The second-order valence-electron chi connectivity index (χ2n) is 15.2. The number of fused-ring (bicyclic) bond motifs is 9. The van der Waals surface area contributed by atoms with Gasteiger partial charge < -0.3 is 0 Å². The number of hydrogen-bond donors (Lipinski definition) is 0. The van der Waals surface area contributed by atoms with E-state index >= 15 is 0 Å². The Balaban J connectivity index is 1.24. The minimum absolute atomic E-state index is 0.113. The third-order valence-electron chi connectivity index (χ3n) is 12.0. The highest BCUT2D eigenvalue weighted by atomic mass is 14.4. The summed E-state index contributed by atoms with van der Waals surface area (Å²) < 4.78 is 0. The normalized spacial score (nSPS) is 13.2. The van der Waals surface area contributed by atoms with E-state index in [2.05, 4.69) is 196 Å². The second-order valence-corrected chi connectivity index (χ2v) is 15.2. The van der Waals surface area contributed by atoms with Gasteiger partial charge in [0.1, 0.15) is 0 Å². The van der Waals surface area contributed by atoms with Crippen LogP contribution in [0.3, 0.4) is 0 Å². The molecule has 0 spiro atoms. The van der Waals surface area contributed by atoms with Crippen LogP contribution in [0.25, 0.3) is 98.4 Å². The van der Waals surface area contributed by atoms with Crippen molar-refractivity contribution in [2.75, 3.05) is 0 Å². The Morgan fingerprint density at radius 1 is 0.264 bits per heavy atom. The molecule has 0 saturated carbocycles. The fraction of sp³-hybridized carbons (Fsp3) is 0.0566. The highest BCUT2D eigenvalue weighted by Crippen LogP contribution is 2.55. The zero-order chi connectivity index (χ0) is 35.3. The first kappa shape index (κ1) is 30.2.